The summed E-state index contributed by atoms with van der Waals surface area (Å²) in [4.78, 5) is 13.4. The lowest BCUT2D eigenvalue weighted by molar-refractivity contribution is 0.0302. The molecule has 0 spiro atoms. The summed E-state index contributed by atoms with van der Waals surface area (Å²) < 4.78 is 32.3. The zero-order valence-electron chi connectivity index (χ0n) is 14.6. The number of carbonyl (C=O) groups excluding carboxylic acids is 1. The van der Waals surface area contributed by atoms with Crippen molar-refractivity contribution in [1.82, 2.24) is 9.62 Å². The molecule has 0 unspecified atom stereocenters. The van der Waals surface area contributed by atoms with Crippen LogP contribution >= 0.6 is 0 Å². The van der Waals surface area contributed by atoms with Gasteiger partial charge in [0, 0.05) is 20.1 Å². The van der Waals surface area contributed by atoms with E-state index in [1.54, 1.807) is 46.9 Å². The normalized spacial score (nSPS) is 12.1. The lowest BCUT2D eigenvalue weighted by Gasteiger charge is -2.24. The van der Waals surface area contributed by atoms with E-state index in [0.717, 1.165) is 5.56 Å². The van der Waals surface area contributed by atoms with Gasteiger partial charge in [0.25, 0.3) is 0 Å². The highest BCUT2D eigenvalue weighted by molar-refractivity contribution is 7.89. The summed E-state index contributed by atoms with van der Waals surface area (Å²) in [7, 11) is -2.02. The molecule has 1 N–H and O–H groups in total. The van der Waals surface area contributed by atoms with Gasteiger partial charge in [0.15, 0.2) is 0 Å². The number of aryl methyl sites for hydroxylation is 2. The summed E-state index contributed by atoms with van der Waals surface area (Å²) in [6, 6.07) is 5.17. The molecule has 1 amide bonds. The van der Waals surface area contributed by atoms with Gasteiger partial charge in [-0.1, -0.05) is 17.7 Å². The van der Waals surface area contributed by atoms with Crippen LogP contribution in [0.25, 0.3) is 0 Å². The van der Waals surface area contributed by atoms with Gasteiger partial charge in [-0.05, 0) is 46.2 Å². The Morgan fingerprint density at radius 1 is 1.26 bits per heavy atom. The molecule has 1 aromatic rings. The topological polar surface area (TPSA) is 75.7 Å². The van der Waals surface area contributed by atoms with Crippen molar-refractivity contribution >= 4 is 16.1 Å². The van der Waals surface area contributed by atoms with Crippen molar-refractivity contribution < 1.29 is 17.9 Å². The Labute approximate surface area is 138 Å². The molecular weight excluding hydrogens is 316 g/mol. The molecule has 7 heteroatoms. The summed E-state index contributed by atoms with van der Waals surface area (Å²) in [5.41, 5.74) is 1.12. The van der Waals surface area contributed by atoms with Gasteiger partial charge < -0.3 is 9.64 Å². The fourth-order valence-electron chi connectivity index (χ4n) is 1.96. The van der Waals surface area contributed by atoms with Gasteiger partial charge >= 0.3 is 6.09 Å². The zero-order chi connectivity index (χ0) is 17.8. The number of likely N-dealkylation sites (N-methyl/N-ethyl adjacent to an activating group) is 1. The number of amides is 1. The van der Waals surface area contributed by atoms with E-state index < -0.39 is 21.7 Å². The molecule has 0 saturated heterocycles. The highest BCUT2D eigenvalue weighted by atomic mass is 32.2. The lowest BCUT2D eigenvalue weighted by atomic mass is 10.2. The third kappa shape index (κ3) is 6.19. The number of rotatable bonds is 5. The van der Waals surface area contributed by atoms with Crippen LogP contribution in [-0.2, 0) is 14.8 Å². The number of carbonyl (C=O) groups is 1. The van der Waals surface area contributed by atoms with Crippen molar-refractivity contribution in [2.24, 2.45) is 0 Å². The number of benzene rings is 1. The molecule has 0 saturated carbocycles. The van der Waals surface area contributed by atoms with E-state index in [4.69, 9.17) is 4.74 Å². The molecule has 0 aliphatic carbocycles. The minimum Gasteiger partial charge on any atom is -0.444 e. The first-order valence-corrected chi connectivity index (χ1v) is 8.92. The van der Waals surface area contributed by atoms with Crippen LogP contribution in [-0.4, -0.2) is 45.1 Å². The molecule has 0 atom stereocenters. The minimum atomic E-state index is -3.59. The summed E-state index contributed by atoms with van der Waals surface area (Å²) in [5.74, 6) is 0. The third-order valence-corrected chi connectivity index (χ3v) is 4.69. The van der Waals surface area contributed by atoms with Gasteiger partial charge in [0.2, 0.25) is 10.0 Å². The maximum Gasteiger partial charge on any atom is 0.410 e. The van der Waals surface area contributed by atoms with Crippen molar-refractivity contribution in [2.75, 3.05) is 20.1 Å². The average Bonchev–Trinajstić information content (AvgIpc) is 2.35. The van der Waals surface area contributed by atoms with Crippen molar-refractivity contribution in [2.45, 2.75) is 45.1 Å². The van der Waals surface area contributed by atoms with E-state index in [2.05, 4.69) is 4.72 Å². The van der Waals surface area contributed by atoms with Gasteiger partial charge in [0.05, 0.1) is 4.90 Å². The second-order valence-electron chi connectivity index (χ2n) is 6.57. The number of hydrogen-bond donors (Lipinski definition) is 1. The number of sulfonamides is 1. The van der Waals surface area contributed by atoms with Gasteiger partial charge in [-0.15, -0.1) is 0 Å². The Bertz CT molecular complexity index is 663. The van der Waals surface area contributed by atoms with Crippen LogP contribution in [0, 0.1) is 13.8 Å². The molecule has 0 fully saturated rings. The molecule has 0 bridgehead atoms. The molecule has 0 aliphatic rings. The van der Waals surface area contributed by atoms with E-state index >= 15 is 0 Å². The smallest absolute Gasteiger partial charge is 0.410 e. The Balaban J connectivity index is 2.62. The van der Waals surface area contributed by atoms with Crippen LogP contribution in [0.3, 0.4) is 0 Å². The third-order valence-electron chi connectivity index (χ3n) is 3.06. The molecule has 6 nitrogen and oxygen atoms in total. The number of nitrogens with one attached hydrogen (secondary N) is 1. The van der Waals surface area contributed by atoms with E-state index in [9.17, 15) is 13.2 Å². The Morgan fingerprint density at radius 2 is 1.87 bits per heavy atom. The number of hydrogen-bond acceptors (Lipinski definition) is 4. The molecule has 1 aromatic carbocycles. The molecule has 1 rings (SSSR count). The van der Waals surface area contributed by atoms with Crippen molar-refractivity contribution in [3.8, 4) is 0 Å². The summed E-state index contributed by atoms with van der Waals surface area (Å²) in [5, 5.41) is 0. The van der Waals surface area contributed by atoms with E-state index in [-0.39, 0.29) is 18.0 Å². The molecule has 0 heterocycles. The van der Waals surface area contributed by atoms with Gasteiger partial charge in [-0.3, -0.25) is 0 Å². The predicted octanol–water partition coefficient (Wildman–Crippen LogP) is 2.45. The average molecular weight is 342 g/mol. The largest absolute Gasteiger partial charge is 0.444 e. The van der Waals surface area contributed by atoms with Crippen LogP contribution in [0.2, 0.25) is 0 Å². The first-order chi connectivity index (χ1) is 10.4. The fourth-order valence-corrected chi connectivity index (χ4v) is 3.20. The second-order valence-corrected chi connectivity index (χ2v) is 8.30. The van der Waals surface area contributed by atoms with Gasteiger partial charge in [-0.2, -0.15) is 0 Å². The summed E-state index contributed by atoms with van der Waals surface area (Å²) in [6.07, 6.45) is -0.483. The van der Waals surface area contributed by atoms with Crippen LogP contribution in [0.1, 0.15) is 31.9 Å². The molecule has 130 valence electrons. The minimum absolute atomic E-state index is 0.116. The second kappa shape index (κ2) is 7.31. The summed E-state index contributed by atoms with van der Waals surface area (Å²) in [6.45, 7) is 9.34. The van der Waals surface area contributed by atoms with E-state index in [0.29, 0.717) is 5.56 Å². The van der Waals surface area contributed by atoms with E-state index in [1.165, 1.54) is 4.90 Å². The predicted molar refractivity (Wildman–Crippen MR) is 90.0 cm³/mol. The highest BCUT2D eigenvalue weighted by Crippen LogP contribution is 2.16. The summed E-state index contributed by atoms with van der Waals surface area (Å²) >= 11 is 0. The Morgan fingerprint density at radius 3 is 2.39 bits per heavy atom. The van der Waals surface area contributed by atoms with Crippen molar-refractivity contribution in [3.63, 3.8) is 0 Å². The molecule has 0 aliphatic heterocycles. The maximum absolute atomic E-state index is 12.3. The first kappa shape index (κ1) is 19.4. The quantitative estimate of drug-likeness (QED) is 0.892. The SMILES string of the molecule is Cc1ccc(S(=O)(=O)NCCN(C)C(=O)OC(C)(C)C)c(C)c1. The Hall–Kier alpha value is -1.60. The van der Waals surface area contributed by atoms with Crippen LogP contribution in [0.15, 0.2) is 23.1 Å². The molecule has 23 heavy (non-hydrogen) atoms. The zero-order valence-corrected chi connectivity index (χ0v) is 15.5. The first-order valence-electron chi connectivity index (χ1n) is 7.43. The number of ether oxygens (including phenoxy) is 1. The van der Waals surface area contributed by atoms with Gasteiger partial charge in [-0.25, -0.2) is 17.9 Å². The Kier molecular flexibility index (Phi) is 6.18. The standard InChI is InChI=1S/C16H26N2O4S/c1-12-7-8-14(13(2)11-12)23(20,21)17-9-10-18(6)15(19)22-16(3,4)5/h7-8,11,17H,9-10H2,1-6H3. The van der Waals surface area contributed by atoms with E-state index in [1.807, 2.05) is 13.0 Å². The number of nitrogens with zero attached hydrogens (tertiary/aromatic N) is 1. The monoisotopic (exact) mass is 342 g/mol. The molecule has 0 aromatic heterocycles. The highest BCUT2D eigenvalue weighted by Gasteiger charge is 2.20. The molecular formula is C16H26N2O4S. The lowest BCUT2D eigenvalue weighted by Crippen LogP contribution is -2.39. The maximum atomic E-state index is 12.3. The van der Waals surface area contributed by atoms with Crippen LogP contribution < -0.4 is 4.72 Å². The van der Waals surface area contributed by atoms with Crippen LogP contribution in [0.5, 0.6) is 0 Å². The van der Waals surface area contributed by atoms with Crippen LogP contribution in [0.4, 0.5) is 4.79 Å². The van der Waals surface area contributed by atoms with Crippen molar-refractivity contribution in [1.29, 1.82) is 0 Å². The van der Waals surface area contributed by atoms with Gasteiger partial charge in [0.1, 0.15) is 5.60 Å². The fraction of sp³-hybridized carbons (Fsp3) is 0.562. The van der Waals surface area contributed by atoms with Crippen molar-refractivity contribution in [3.05, 3.63) is 29.3 Å². The molecule has 0 radical (unpaired) electrons.